The summed E-state index contributed by atoms with van der Waals surface area (Å²) in [5, 5.41) is 5.60. The maximum absolute atomic E-state index is 12.2. The fourth-order valence-electron chi connectivity index (χ4n) is 2.21. The summed E-state index contributed by atoms with van der Waals surface area (Å²) in [6, 6.07) is 9.05. The number of nitrogen functional groups attached to an aromatic ring is 1. The molecule has 1 aromatic heterocycles. The van der Waals surface area contributed by atoms with Gasteiger partial charge in [-0.15, -0.1) is 0 Å². The van der Waals surface area contributed by atoms with Crippen LogP contribution in [-0.2, 0) is 12.0 Å². The number of hydrogen-bond acceptors (Lipinski definition) is 4. The molecule has 0 aliphatic carbocycles. The number of nitrogens with two attached hydrogens (primary N) is 1. The van der Waals surface area contributed by atoms with E-state index < -0.39 is 0 Å². The minimum Gasteiger partial charge on any atom is -0.495 e. The van der Waals surface area contributed by atoms with E-state index in [4.69, 9.17) is 10.5 Å². The molecule has 4 N–H and O–H groups in total. The fraction of sp³-hybridized carbons (Fsp3) is 0.333. The van der Waals surface area contributed by atoms with Gasteiger partial charge in [0.05, 0.1) is 12.8 Å². The Morgan fingerprint density at radius 3 is 2.67 bits per heavy atom. The molecule has 1 aromatic carbocycles. The molecule has 128 valence electrons. The number of ether oxygens (including phenoxy) is 1. The number of anilines is 2. The lowest BCUT2D eigenvalue weighted by atomic mass is 9.87. The minimum absolute atomic E-state index is 0.0245. The summed E-state index contributed by atoms with van der Waals surface area (Å²) in [7, 11) is 1.57. The molecule has 0 radical (unpaired) electrons. The number of methoxy groups -OCH3 is 1. The molecule has 0 fully saturated rings. The number of rotatable bonds is 4. The van der Waals surface area contributed by atoms with Crippen molar-refractivity contribution in [1.29, 1.82) is 0 Å². The van der Waals surface area contributed by atoms with Gasteiger partial charge in [-0.2, -0.15) is 0 Å². The van der Waals surface area contributed by atoms with Gasteiger partial charge in [0.2, 0.25) is 0 Å². The smallest absolute Gasteiger partial charge is 0.319 e. The van der Waals surface area contributed by atoms with Crippen molar-refractivity contribution >= 4 is 17.5 Å². The van der Waals surface area contributed by atoms with Crippen molar-refractivity contribution in [2.24, 2.45) is 0 Å². The number of nitrogens with one attached hydrogen (secondary N) is 2. The van der Waals surface area contributed by atoms with E-state index in [0.29, 0.717) is 23.8 Å². The molecule has 6 nitrogen and oxygen atoms in total. The van der Waals surface area contributed by atoms with Crippen LogP contribution in [0, 0.1) is 0 Å². The topological polar surface area (TPSA) is 89.3 Å². The van der Waals surface area contributed by atoms with Gasteiger partial charge in [0.1, 0.15) is 11.6 Å². The van der Waals surface area contributed by atoms with Gasteiger partial charge in [0.25, 0.3) is 0 Å². The summed E-state index contributed by atoms with van der Waals surface area (Å²) in [5.41, 5.74) is 8.25. The third kappa shape index (κ3) is 4.38. The fourth-order valence-corrected chi connectivity index (χ4v) is 2.21. The maximum atomic E-state index is 12.2. The largest absolute Gasteiger partial charge is 0.495 e. The molecule has 2 rings (SSSR count). The SMILES string of the molecule is COc1ccc(C(C)(C)C)cc1NC(=O)NCc1cccnc1N. The number of benzene rings is 1. The third-order valence-electron chi connectivity index (χ3n) is 3.68. The molecule has 0 aliphatic rings. The molecular formula is C18H24N4O2. The van der Waals surface area contributed by atoms with E-state index in [1.807, 2.05) is 24.3 Å². The first-order valence-electron chi connectivity index (χ1n) is 7.74. The van der Waals surface area contributed by atoms with Crippen LogP contribution in [0.4, 0.5) is 16.3 Å². The Kier molecular flexibility index (Phi) is 5.28. The molecule has 2 amide bonds. The first-order valence-corrected chi connectivity index (χ1v) is 7.74. The second-order valence-electron chi connectivity index (χ2n) is 6.52. The van der Waals surface area contributed by atoms with Gasteiger partial charge in [-0.05, 0) is 29.2 Å². The van der Waals surface area contributed by atoms with Crippen molar-refractivity contribution in [1.82, 2.24) is 10.3 Å². The van der Waals surface area contributed by atoms with Crippen LogP contribution in [0.3, 0.4) is 0 Å². The highest BCUT2D eigenvalue weighted by atomic mass is 16.5. The van der Waals surface area contributed by atoms with E-state index in [9.17, 15) is 4.79 Å². The highest BCUT2D eigenvalue weighted by molar-refractivity contribution is 5.91. The van der Waals surface area contributed by atoms with Gasteiger partial charge < -0.3 is 21.1 Å². The second-order valence-corrected chi connectivity index (χ2v) is 6.52. The van der Waals surface area contributed by atoms with Crippen LogP contribution in [-0.4, -0.2) is 18.1 Å². The van der Waals surface area contributed by atoms with Crippen molar-refractivity contribution in [3.05, 3.63) is 47.7 Å². The first-order chi connectivity index (χ1) is 11.3. The molecule has 0 saturated carbocycles. The highest BCUT2D eigenvalue weighted by Gasteiger charge is 2.17. The van der Waals surface area contributed by atoms with E-state index >= 15 is 0 Å². The Bertz CT molecular complexity index is 723. The van der Waals surface area contributed by atoms with E-state index in [-0.39, 0.29) is 11.4 Å². The Balaban J connectivity index is 2.09. The molecule has 0 saturated heterocycles. The van der Waals surface area contributed by atoms with Crippen molar-refractivity contribution in [2.75, 3.05) is 18.2 Å². The van der Waals surface area contributed by atoms with Gasteiger partial charge in [-0.3, -0.25) is 0 Å². The average Bonchev–Trinajstić information content (AvgIpc) is 2.53. The van der Waals surface area contributed by atoms with Crippen molar-refractivity contribution in [3.63, 3.8) is 0 Å². The quantitative estimate of drug-likeness (QED) is 0.803. The van der Waals surface area contributed by atoms with E-state index in [0.717, 1.165) is 11.1 Å². The van der Waals surface area contributed by atoms with Gasteiger partial charge in [-0.1, -0.05) is 32.9 Å². The average molecular weight is 328 g/mol. The van der Waals surface area contributed by atoms with Crippen LogP contribution < -0.4 is 21.1 Å². The predicted molar refractivity (Wildman–Crippen MR) is 96.2 cm³/mol. The van der Waals surface area contributed by atoms with Gasteiger partial charge in [0.15, 0.2) is 0 Å². The minimum atomic E-state index is -0.331. The van der Waals surface area contributed by atoms with Crippen LogP contribution in [0.5, 0.6) is 5.75 Å². The Morgan fingerprint density at radius 1 is 1.29 bits per heavy atom. The standard InChI is InChI=1S/C18H24N4O2/c1-18(2,3)13-7-8-15(24-4)14(10-13)22-17(23)21-11-12-6-5-9-20-16(12)19/h5-10H,11H2,1-4H3,(H2,19,20)(H2,21,22,23). The zero-order valence-electron chi connectivity index (χ0n) is 14.5. The number of hydrogen-bond donors (Lipinski definition) is 3. The molecule has 0 atom stereocenters. The molecule has 0 aliphatic heterocycles. The summed E-state index contributed by atoms with van der Waals surface area (Å²) >= 11 is 0. The van der Waals surface area contributed by atoms with Crippen LogP contribution in [0.25, 0.3) is 0 Å². The van der Waals surface area contributed by atoms with Crippen LogP contribution in [0.2, 0.25) is 0 Å². The van der Waals surface area contributed by atoms with Crippen LogP contribution in [0.1, 0.15) is 31.9 Å². The normalized spacial score (nSPS) is 11.0. The number of aromatic nitrogens is 1. The zero-order chi connectivity index (χ0) is 17.7. The first kappa shape index (κ1) is 17.6. The van der Waals surface area contributed by atoms with E-state index in [2.05, 4.69) is 36.4 Å². The molecule has 2 aromatic rings. The number of carbonyl (C=O) groups excluding carboxylic acids is 1. The van der Waals surface area contributed by atoms with Gasteiger partial charge in [0, 0.05) is 18.3 Å². The predicted octanol–water partition coefficient (Wildman–Crippen LogP) is 3.29. The number of pyridine rings is 1. The molecule has 6 heteroatoms. The van der Waals surface area contributed by atoms with Crippen molar-refractivity contribution in [3.8, 4) is 5.75 Å². The highest BCUT2D eigenvalue weighted by Crippen LogP contribution is 2.31. The Hall–Kier alpha value is -2.76. The molecular weight excluding hydrogens is 304 g/mol. The molecule has 0 spiro atoms. The summed E-state index contributed by atoms with van der Waals surface area (Å²) in [4.78, 5) is 16.2. The molecule has 24 heavy (non-hydrogen) atoms. The van der Waals surface area contributed by atoms with E-state index in [1.54, 1.807) is 19.4 Å². The van der Waals surface area contributed by atoms with Gasteiger partial charge >= 0.3 is 6.03 Å². The summed E-state index contributed by atoms with van der Waals surface area (Å²) < 4.78 is 5.32. The van der Waals surface area contributed by atoms with Crippen LogP contribution >= 0.6 is 0 Å². The summed E-state index contributed by atoms with van der Waals surface area (Å²) in [6.07, 6.45) is 1.61. The monoisotopic (exact) mass is 328 g/mol. The molecule has 0 bridgehead atoms. The summed E-state index contributed by atoms with van der Waals surface area (Å²) in [5.74, 6) is 1.02. The van der Waals surface area contributed by atoms with Gasteiger partial charge in [-0.25, -0.2) is 9.78 Å². The summed E-state index contributed by atoms with van der Waals surface area (Å²) in [6.45, 7) is 6.64. The number of nitrogens with zero attached hydrogens (tertiary/aromatic N) is 1. The second kappa shape index (κ2) is 7.21. The number of carbonyl (C=O) groups is 1. The van der Waals surface area contributed by atoms with Crippen molar-refractivity contribution < 1.29 is 9.53 Å². The Morgan fingerprint density at radius 2 is 2.04 bits per heavy atom. The molecule has 1 heterocycles. The number of amides is 2. The maximum Gasteiger partial charge on any atom is 0.319 e. The van der Waals surface area contributed by atoms with E-state index in [1.165, 1.54) is 0 Å². The van der Waals surface area contributed by atoms with Crippen LogP contribution in [0.15, 0.2) is 36.5 Å². The third-order valence-corrected chi connectivity index (χ3v) is 3.68. The number of urea groups is 1. The van der Waals surface area contributed by atoms with Crippen molar-refractivity contribution in [2.45, 2.75) is 32.7 Å². The molecule has 0 unspecified atom stereocenters. The lowest BCUT2D eigenvalue weighted by molar-refractivity contribution is 0.251. The lowest BCUT2D eigenvalue weighted by Gasteiger charge is -2.21. The lowest BCUT2D eigenvalue weighted by Crippen LogP contribution is -2.29. The Labute approximate surface area is 142 Å². The zero-order valence-corrected chi connectivity index (χ0v) is 14.5.